The molecule has 0 bridgehead atoms. The van der Waals surface area contributed by atoms with E-state index in [9.17, 15) is 4.79 Å². The van der Waals surface area contributed by atoms with Crippen molar-refractivity contribution in [1.29, 1.82) is 0 Å². The minimum atomic E-state index is 0.0499. The van der Waals surface area contributed by atoms with Crippen LogP contribution in [0.25, 0.3) is 6.08 Å². The van der Waals surface area contributed by atoms with Crippen LogP contribution in [0.1, 0.15) is 12.5 Å². The molecule has 11 heavy (non-hydrogen) atoms. The summed E-state index contributed by atoms with van der Waals surface area (Å²) in [6.07, 6.45) is 6.82. The van der Waals surface area contributed by atoms with Crippen LogP contribution in [0.2, 0.25) is 0 Å². The highest BCUT2D eigenvalue weighted by Gasteiger charge is 1.89. The number of allylic oxidation sites excluding steroid dienone is 1. The first kappa shape index (κ1) is 7.72. The van der Waals surface area contributed by atoms with E-state index in [1.165, 1.54) is 13.0 Å². The number of aromatic nitrogens is 2. The largest absolute Gasteiger partial charge is 0.295 e. The maximum absolute atomic E-state index is 10.5. The van der Waals surface area contributed by atoms with Gasteiger partial charge in [-0.2, -0.15) is 5.10 Å². The molecule has 0 fully saturated rings. The van der Waals surface area contributed by atoms with E-state index in [0.717, 1.165) is 5.56 Å². The number of ketones is 1. The Kier molecular flexibility index (Phi) is 2.21. The van der Waals surface area contributed by atoms with Crippen molar-refractivity contribution in [2.24, 2.45) is 7.05 Å². The van der Waals surface area contributed by atoms with E-state index in [1.807, 2.05) is 13.2 Å². The molecule has 0 aliphatic rings. The minimum Gasteiger partial charge on any atom is -0.295 e. The number of hydrogen-bond acceptors (Lipinski definition) is 2. The first-order chi connectivity index (χ1) is 5.18. The zero-order chi connectivity index (χ0) is 8.27. The standard InChI is InChI=1S/C8H10N2O/c1-7(11)3-4-8-5-9-10(2)6-8/h3-6H,1-2H3/b4-3+. The van der Waals surface area contributed by atoms with E-state index in [4.69, 9.17) is 0 Å². The van der Waals surface area contributed by atoms with Crippen LogP contribution in [0.5, 0.6) is 0 Å². The topological polar surface area (TPSA) is 34.9 Å². The third-order valence-electron chi connectivity index (χ3n) is 1.24. The molecule has 0 saturated carbocycles. The molecule has 1 aromatic heterocycles. The molecule has 3 heteroatoms. The molecule has 58 valence electrons. The van der Waals surface area contributed by atoms with Crippen molar-refractivity contribution in [3.63, 3.8) is 0 Å². The van der Waals surface area contributed by atoms with Gasteiger partial charge in [-0.15, -0.1) is 0 Å². The Bertz CT molecular complexity index is 286. The molecule has 0 saturated heterocycles. The van der Waals surface area contributed by atoms with Gasteiger partial charge in [0, 0.05) is 18.8 Å². The lowest BCUT2D eigenvalue weighted by molar-refractivity contribution is -0.112. The number of aryl methyl sites for hydroxylation is 1. The number of nitrogens with zero attached hydrogens (tertiary/aromatic N) is 2. The van der Waals surface area contributed by atoms with E-state index in [0.29, 0.717) is 0 Å². The normalized spacial score (nSPS) is 10.7. The number of carbonyl (C=O) groups is 1. The molecule has 0 spiro atoms. The first-order valence-corrected chi connectivity index (χ1v) is 3.36. The molecular formula is C8H10N2O. The highest BCUT2D eigenvalue weighted by atomic mass is 16.1. The average Bonchev–Trinajstić information content (AvgIpc) is 2.31. The number of hydrogen-bond donors (Lipinski definition) is 0. The van der Waals surface area contributed by atoms with Gasteiger partial charge in [-0.25, -0.2) is 0 Å². The molecule has 0 amide bonds. The molecule has 0 N–H and O–H groups in total. The quantitative estimate of drug-likeness (QED) is 0.590. The monoisotopic (exact) mass is 150 g/mol. The lowest BCUT2D eigenvalue weighted by Crippen LogP contribution is -1.84. The zero-order valence-corrected chi connectivity index (χ0v) is 6.61. The molecule has 1 heterocycles. The Hall–Kier alpha value is -1.38. The van der Waals surface area contributed by atoms with Crippen LogP contribution in [-0.4, -0.2) is 15.6 Å². The van der Waals surface area contributed by atoms with Gasteiger partial charge in [0.05, 0.1) is 6.20 Å². The highest BCUT2D eigenvalue weighted by molar-refractivity contribution is 5.91. The summed E-state index contributed by atoms with van der Waals surface area (Å²) in [6, 6.07) is 0. The summed E-state index contributed by atoms with van der Waals surface area (Å²) in [5.74, 6) is 0.0499. The third kappa shape index (κ3) is 2.37. The Balaban J connectivity index is 2.71. The van der Waals surface area contributed by atoms with Gasteiger partial charge < -0.3 is 0 Å². The molecule has 0 aliphatic carbocycles. The number of carbonyl (C=O) groups excluding carboxylic acids is 1. The second-order valence-corrected chi connectivity index (χ2v) is 2.39. The third-order valence-corrected chi connectivity index (χ3v) is 1.24. The first-order valence-electron chi connectivity index (χ1n) is 3.36. The van der Waals surface area contributed by atoms with Crippen molar-refractivity contribution >= 4 is 11.9 Å². The van der Waals surface area contributed by atoms with Crippen molar-refractivity contribution in [3.8, 4) is 0 Å². The van der Waals surface area contributed by atoms with Gasteiger partial charge in [0.1, 0.15) is 0 Å². The second kappa shape index (κ2) is 3.14. The molecule has 1 rings (SSSR count). The van der Waals surface area contributed by atoms with Crippen LogP contribution in [-0.2, 0) is 11.8 Å². The Morgan fingerprint density at radius 3 is 2.91 bits per heavy atom. The van der Waals surface area contributed by atoms with Gasteiger partial charge in [0.15, 0.2) is 5.78 Å². The SMILES string of the molecule is CC(=O)/C=C/c1cnn(C)c1. The average molecular weight is 150 g/mol. The lowest BCUT2D eigenvalue weighted by Gasteiger charge is -1.81. The molecule has 0 aromatic carbocycles. The van der Waals surface area contributed by atoms with Crippen molar-refractivity contribution in [2.45, 2.75) is 6.92 Å². The minimum absolute atomic E-state index is 0.0499. The van der Waals surface area contributed by atoms with E-state index in [1.54, 1.807) is 17.0 Å². The lowest BCUT2D eigenvalue weighted by atomic mass is 10.3. The molecule has 0 unspecified atom stereocenters. The second-order valence-electron chi connectivity index (χ2n) is 2.39. The highest BCUT2D eigenvalue weighted by Crippen LogP contribution is 1.98. The van der Waals surface area contributed by atoms with Crippen LogP contribution in [0.3, 0.4) is 0 Å². The summed E-state index contributed by atoms with van der Waals surface area (Å²) in [5, 5.41) is 3.95. The van der Waals surface area contributed by atoms with E-state index in [-0.39, 0.29) is 5.78 Å². The summed E-state index contributed by atoms with van der Waals surface area (Å²) in [7, 11) is 1.84. The predicted octanol–water partition coefficient (Wildman–Crippen LogP) is 1.02. The summed E-state index contributed by atoms with van der Waals surface area (Å²) < 4.78 is 1.69. The van der Waals surface area contributed by atoms with Crippen molar-refractivity contribution in [2.75, 3.05) is 0 Å². The fraction of sp³-hybridized carbons (Fsp3) is 0.250. The van der Waals surface area contributed by atoms with Crippen molar-refractivity contribution in [3.05, 3.63) is 24.0 Å². The van der Waals surface area contributed by atoms with Crippen LogP contribution in [0, 0.1) is 0 Å². The molecule has 0 radical (unpaired) electrons. The van der Waals surface area contributed by atoms with Gasteiger partial charge >= 0.3 is 0 Å². The zero-order valence-electron chi connectivity index (χ0n) is 6.61. The van der Waals surface area contributed by atoms with E-state index in [2.05, 4.69) is 5.10 Å². The Morgan fingerprint density at radius 2 is 2.45 bits per heavy atom. The van der Waals surface area contributed by atoms with Crippen molar-refractivity contribution < 1.29 is 4.79 Å². The summed E-state index contributed by atoms with van der Waals surface area (Å²) in [5.41, 5.74) is 0.947. The Morgan fingerprint density at radius 1 is 1.73 bits per heavy atom. The summed E-state index contributed by atoms with van der Waals surface area (Å²) >= 11 is 0. The van der Waals surface area contributed by atoms with Gasteiger partial charge in [0.2, 0.25) is 0 Å². The van der Waals surface area contributed by atoms with Crippen LogP contribution < -0.4 is 0 Å². The van der Waals surface area contributed by atoms with Gasteiger partial charge in [-0.1, -0.05) is 0 Å². The van der Waals surface area contributed by atoms with E-state index >= 15 is 0 Å². The Labute approximate surface area is 65.3 Å². The molecule has 3 nitrogen and oxygen atoms in total. The molecule has 0 aliphatic heterocycles. The molecule has 0 atom stereocenters. The van der Waals surface area contributed by atoms with Gasteiger partial charge in [-0.05, 0) is 19.1 Å². The molecular weight excluding hydrogens is 140 g/mol. The fourth-order valence-electron chi connectivity index (χ4n) is 0.740. The van der Waals surface area contributed by atoms with Crippen LogP contribution in [0.15, 0.2) is 18.5 Å². The molecule has 1 aromatic rings. The van der Waals surface area contributed by atoms with Crippen molar-refractivity contribution in [1.82, 2.24) is 9.78 Å². The van der Waals surface area contributed by atoms with Crippen LogP contribution >= 0.6 is 0 Å². The summed E-state index contributed by atoms with van der Waals surface area (Å²) in [4.78, 5) is 10.5. The van der Waals surface area contributed by atoms with Crippen LogP contribution in [0.4, 0.5) is 0 Å². The fourth-order valence-corrected chi connectivity index (χ4v) is 0.740. The maximum Gasteiger partial charge on any atom is 0.152 e. The maximum atomic E-state index is 10.5. The van der Waals surface area contributed by atoms with Gasteiger partial charge in [0.25, 0.3) is 0 Å². The van der Waals surface area contributed by atoms with Gasteiger partial charge in [-0.3, -0.25) is 9.48 Å². The number of rotatable bonds is 2. The van der Waals surface area contributed by atoms with E-state index < -0.39 is 0 Å². The summed E-state index contributed by atoms with van der Waals surface area (Å²) in [6.45, 7) is 1.52. The predicted molar refractivity (Wildman–Crippen MR) is 42.9 cm³/mol. The smallest absolute Gasteiger partial charge is 0.152 e.